The highest BCUT2D eigenvalue weighted by Crippen LogP contribution is 2.26. The zero-order valence-electron chi connectivity index (χ0n) is 13.7. The normalized spacial score (nSPS) is 24.8. The van der Waals surface area contributed by atoms with Crippen molar-refractivity contribution in [1.82, 2.24) is 0 Å². The fourth-order valence-electron chi connectivity index (χ4n) is 2.56. The first-order valence-corrected chi connectivity index (χ1v) is 8.02. The SMILES string of the molecule is O=C(OC[C@H]1O[C@H](O)[C@H](F)[C@H]1OC(=O)c1ccccc1)c1ccccc1. The van der Waals surface area contributed by atoms with E-state index in [9.17, 15) is 19.1 Å². The molecule has 7 heteroatoms. The maximum absolute atomic E-state index is 14.2. The second kappa shape index (κ2) is 8.07. The zero-order valence-corrected chi connectivity index (χ0v) is 13.7. The van der Waals surface area contributed by atoms with Crippen molar-refractivity contribution < 1.29 is 33.3 Å². The lowest BCUT2D eigenvalue weighted by atomic mass is 10.1. The molecule has 26 heavy (non-hydrogen) atoms. The number of hydrogen-bond donors (Lipinski definition) is 1. The number of aliphatic hydroxyl groups is 1. The molecule has 1 N–H and O–H groups in total. The number of alkyl halides is 1. The topological polar surface area (TPSA) is 82.1 Å². The lowest BCUT2D eigenvalue weighted by Crippen LogP contribution is -2.37. The number of esters is 2. The number of aliphatic hydroxyl groups excluding tert-OH is 1. The summed E-state index contributed by atoms with van der Waals surface area (Å²) in [5, 5.41) is 9.58. The molecule has 2 aromatic carbocycles. The summed E-state index contributed by atoms with van der Waals surface area (Å²) >= 11 is 0. The standard InChI is InChI=1S/C19H17FO6/c20-15-16(26-18(22)13-9-5-2-6-10-13)14(25-19(15)23)11-24-17(21)12-7-3-1-4-8-12/h1-10,14-16,19,23H,11H2/t14-,15-,16+,19+/m1/s1. The van der Waals surface area contributed by atoms with E-state index in [-0.39, 0.29) is 12.2 Å². The Hall–Kier alpha value is -2.77. The lowest BCUT2D eigenvalue weighted by molar-refractivity contribution is -0.122. The molecule has 1 aliphatic rings. The molecule has 0 bridgehead atoms. The summed E-state index contributed by atoms with van der Waals surface area (Å²) in [6.45, 7) is -0.363. The van der Waals surface area contributed by atoms with Crippen LogP contribution >= 0.6 is 0 Å². The molecule has 6 nitrogen and oxygen atoms in total. The summed E-state index contributed by atoms with van der Waals surface area (Å²) in [4.78, 5) is 24.1. The third kappa shape index (κ3) is 4.07. The molecule has 4 atom stereocenters. The van der Waals surface area contributed by atoms with Crippen molar-refractivity contribution in [3.05, 3.63) is 71.8 Å². The van der Waals surface area contributed by atoms with Gasteiger partial charge < -0.3 is 19.3 Å². The van der Waals surface area contributed by atoms with Crippen molar-refractivity contribution in [1.29, 1.82) is 0 Å². The molecule has 0 radical (unpaired) electrons. The molecule has 3 rings (SSSR count). The van der Waals surface area contributed by atoms with Gasteiger partial charge in [-0.05, 0) is 24.3 Å². The Labute approximate surface area is 149 Å². The van der Waals surface area contributed by atoms with Gasteiger partial charge in [-0.25, -0.2) is 14.0 Å². The van der Waals surface area contributed by atoms with E-state index in [2.05, 4.69) is 0 Å². The molecule has 1 aliphatic heterocycles. The number of halogens is 1. The number of benzene rings is 2. The Morgan fingerprint density at radius 3 is 2.08 bits per heavy atom. The summed E-state index contributed by atoms with van der Waals surface area (Å²) in [5.41, 5.74) is 0.557. The number of carbonyl (C=O) groups excluding carboxylic acids is 2. The minimum absolute atomic E-state index is 0.237. The van der Waals surface area contributed by atoms with Crippen molar-refractivity contribution in [2.24, 2.45) is 0 Å². The summed E-state index contributed by atoms with van der Waals surface area (Å²) in [6, 6.07) is 16.3. The van der Waals surface area contributed by atoms with Gasteiger partial charge in [-0.1, -0.05) is 36.4 Å². The Kier molecular flexibility index (Phi) is 5.60. The van der Waals surface area contributed by atoms with Crippen molar-refractivity contribution in [3.63, 3.8) is 0 Å². The average molecular weight is 360 g/mol. The monoisotopic (exact) mass is 360 g/mol. The van der Waals surface area contributed by atoms with Crippen molar-refractivity contribution >= 4 is 11.9 Å². The molecule has 1 heterocycles. The summed E-state index contributed by atoms with van der Waals surface area (Å²) < 4.78 is 29.4. The van der Waals surface area contributed by atoms with Gasteiger partial charge in [0, 0.05) is 0 Å². The quantitative estimate of drug-likeness (QED) is 0.823. The molecule has 2 aromatic rings. The van der Waals surface area contributed by atoms with E-state index in [4.69, 9.17) is 14.2 Å². The second-order valence-electron chi connectivity index (χ2n) is 5.71. The Morgan fingerprint density at radius 2 is 1.50 bits per heavy atom. The number of ether oxygens (including phenoxy) is 3. The maximum Gasteiger partial charge on any atom is 0.338 e. The fraction of sp³-hybridized carbons (Fsp3) is 0.263. The molecule has 1 fully saturated rings. The van der Waals surface area contributed by atoms with E-state index in [0.717, 1.165) is 0 Å². The van der Waals surface area contributed by atoms with Crippen LogP contribution in [0.4, 0.5) is 4.39 Å². The van der Waals surface area contributed by atoms with E-state index < -0.39 is 36.6 Å². The minimum atomic E-state index is -1.94. The first-order chi connectivity index (χ1) is 12.6. The second-order valence-corrected chi connectivity index (χ2v) is 5.71. The summed E-state index contributed by atoms with van der Waals surface area (Å²) in [7, 11) is 0. The highest BCUT2D eigenvalue weighted by molar-refractivity contribution is 5.90. The highest BCUT2D eigenvalue weighted by Gasteiger charge is 2.47. The van der Waals surface area contributed by atoms with Crippen LogP contribution in [-0.2, 0) is 14.2 Å². The number of rotatable bonds is 5. The van der Waals surface area contributed by atoms with Gasteiger partial charge in [0.05, 0.1) is 11.1 Å². The van der Waals surface area contributed by atoms with E-state index in [1.165, 1.54) is 12.1 Å². The minimum Gasteiger partial charge on any atom is -0.459 e. The summed E-state index contributed by atoms with van der Waals surface area (Å²) in [5.74, 6) is -1.38. The maximum atomic E-state index is 14.2. The Bertz CT molecular complexity index is 751. The highest BCUT2D eigenvalue weighted by atomic mass is 19.1. The van der Waals surface area contributed by atoms with E-state index >= 15 is 0 Å². The van der Waals surface area contributed by atoms with Gasteiger partial charge in [0.25, 0.3) is 0 Å². The average Bonchev–Trinajstić information content (AvgIpc) is 2.95. The van der Waals surface area contributed by atoms with Crippen LogP contribution < -0.4 is 0 Å². The third-order valence-electron chi connectivity index (χ3n) is 3.91. The van der Waals surface area contributed by atoms with Crippen molar-refractivity contribution in [2.45, 2.75) is 24.7 Å². The number of hydrogen-bond acceptors (Lipinski definition) is 6. The molecule has 0 aromatic heterocycles. The van der Waals surface area contributed by atoms with Gasteiger partial charge in [-0.2, -0.15) is 0 Å². The Balaban J connectivity index is 1.63. The van der Waals surface area contributed by atoms with Gasteiger partial charge in [-0.15, -0.1) is 0 Å². The first kappa shape index (κ1) is 18.0. The summed E-state index contributed by atoms with van der Waals surface area (Å²) in [6.07, 6.45) is -6.20. The fourth-order valence-corrected chi connectivity index (χ4v) is 2.56. The molecule has 0 spiro atoms. The largest absolute Gasteiger partial charge is 0.459 e. The van der Waals surface area contributed by atoms with Crippen LogP contribution in [0.5, 0.6) is 0 Å². The van der Waals surface area contributed by atoms with E-state index in [1.54, 1.807) is 48.5 Å². The first-order valence-electron chi connectivity index (χ1n) is 8.02. The van der Waals surface area contributed by atoms with Gasteiger partial charge >= 0.3 is 11.9 Å². The number of carbonyl (C=O) groups is 2. The molecular formula is C19H17FO6. The van der Waals surface area contributed by atoms with Crippen LogP contribution in [0.15, 0.2) is 60.7 Å². The molecule has 0 unspecified atom stereocenters. The molecule has 0 saturated carbocycles. The molecule has 136 valence electrons. The van der Waals surface area contributed by atoms with Gasteiger partial charge in [0.15, 0.2) is 18.6 Å². The smallest absolute Gasteiger partial charge is 0.338 e. The van der Waals surface area contributed by atoms with Crippen LogP contribution in [0.3, 0.4) is 0 Å². The van der Waals surface area contributed by atoms with Crippen molar-refractivity contribution in [3.8, 4) is 0 Å². The van der Waals surface area contributed by atoms with Gasteiger partial charge in [-0.3, -0.25) is 0 Å². The van der Waals surface area contributed by atoms with Crippen LogP contribution in [0.1, 0.15) is 20.7 Å². The van der Waals surface area contributed by atoms with Crippen LogP contribution in [0.2, 0.25) is 0 Å². The Morgan fingerprint density at radius 1 is 0.962 bits per heavy atom. The predicted octanol–water partition coefficient (Wildman–Crippen LogP) is 2.12. The molecule has 1 saturated heterocycles. The van der Waals surface area contributed by atoms with E-state index in [0.29, 0.717) is 5.56 Å². The molecular weight excluding hydrogens is 343 g/mol. The van der Waals surface area contributed by atoms with Crippen LogP contribution in [-0.4, -0.2) is 48.3 Å². The van der Waals surface area contributed by atoms with Crippen LogP contribution in [0.25, 0.3) is 0 Å². The zero-order chi connectivity index (χ0) is 18.5. The van der Waals surface area contributed by atoms with Crippen molar-refractivity contribution in [2.75, 3.05) is 6.61 Å². The van der Waals surface area contributed by atoms with Gasteiger partial charge in [0.2, 0.25) is 0 Å². The molecule has 0 aliphatic carbocycles. The predicted molar refractivity (Wildman–Crippen MR) is 88.1 cm³/mol. The lowest BCUT2D eigenvalue weighted by Gasteiger charge is -2.19. The third-order valence-corrected chi connectivity index (χ3v) is 3.91. The van der Waals surface area contributed by atoms with E-state index in [1.807, 2.05) is 0 Å². The molecule has 0 amide bonds. The van der Waals surface area contributed by atoms with Gasteiger partial charge in [0.1, 0.15) is 12.7 Å². The van der Waals surface area contributed by atoms with Crippen LogP contribution in [0, 0.1) is 0 Å².